The minimum Gasteiger partial charge on any atom is -0.493 e. The summed E-state index contributed by atoms with van der Waals surface area (Å²) in [6.07, 6.45) is 7.79. The molecule has 28 heavy (non-hydrogen) atoms. The van der Waals surface area contributed by atoms with E-state index in [4.69, 9.17) is 32.7 Å². The number of nitrogens with one attached hydrogen (secondary N) is 1. The maximum atomic E-state index is 6.46. The Morgan fingerprint density at radius 1 is 0.929 bits per heavy atom. The van der Waals surface area contributed by atoms with Crippen LogP contribution in [-0.2, 0) is 13.2 Å². The van der Waals surface area contributed by atoms with Gasteiger partial charge in [0.2, 0.25) is 0 Å². The van der Waals surface area contributed by atoms with Crippen LogP contribution in [0.2, 0.25) is 10.0 Å². The van der Waals surface area contributed by atoms with Gasteiger partial charge in [0, 0.05) is 17.1 Å². The highest BCUT2D eigenvalue weighted by molar-refractivity contribution is 6.32. The average Bonchev–Trinajstić information content (AvgIpc) is 2.70. The largest absolute Gasteiger partial charge is 0.493 e. The Labute approximate surface area is 179 Å². The quantitative estimate of drug-likeness (QED) is 0.350. The van der Waals surface area contributed by atoms with Crippen molar-refractivity contribution in [3.8, 4) is 11.5 Å². The number of unbranched alkanes of at least 4 members (excludes halogenated alkanes) is 5. The van der Waals surface area contributed by atoms with Crippen LogP contribution in [0.4, 0.5) is 0 Å². The van der Waals surface area contributed by atoms with Crippen molar-refractivity contribution in [1.82, 2.24) is 5.32 Å². The van der Waals surface area contributed by atoms with E-state index in [-0.39, 0.29) is 0 Å². The van der Waals surface area contributed by atoms with Crippen molar-refractivity contribution < 1.29 is 9.47 Å². The van der Waals surface area contributed by atoms with Gasteiger partial charge in [-0.1, -0.05) is 80.4 Å². The molecular formula is C23H31Cl2NO2. The Balaban J connectivity index is 1.85. The van der Waals surface area contributed by atoms with Crippen molar-refractivity contribution in [2.45, 2.75) is 58.6 Å². The summed E-state index contributed by atoms with van der Waals surface area (Å²) in [5, 5.41) is 4.70. The lowest BCUT2D eigenvalue weighted by atomic mass is 10.1. The summed E-state index contributed by atoms with van der Waals surface area (Å²) in [7, 11) is 1.63. The summed E-state index contributed by atoms with van der Waals surface area (Å²) in [4.78, 5) is 0. The zero-order chi connectivity index (χ0) is 20.2. The minimum absolute atomic E-state index is 0.339. The second kappa shape index (κ2) is 12.9. The minimum atomic E-state index is 0.339. The average molecular weight is 424 g/mol. The van der Waals surface area contributed by atoms with Crippen molar-refractivity contribution in [3.05, 3.63) is 57.6 Å². The van der Waals surface area contributed by atoms with Crippen LogP contribution < -0.4 is 14.8 Å². The Kier molecular flexibility index (Phi) is 10.6. The third-order valence-electron chi connectivity index (χ3n) is 4.66. The molecule has 0 aliphatic carbocycles. The second-order valence-electron chi connectivity index (χ2n) is 6.93. The van der Waals surface area contributed by atoms with Gasteiger partial charge in [-0.05, 0) is 36.7 Å². The monoisotopic (exact) mass is 423 g/mol. The van der Waals surface area contributed by atoms with Crippen LogP contribution >= 0.6 is 23.2 Å². The number of halogens is 2. The fourth-order valence-electron chi connectivity index (χ4n) is 3.04. The fourth-order valence-corrected chi connectivity index (χ4v) is 3.52. The third-order valence-corrected chi connectivity index (χ3v) is 5.30. The third kappa shape index (κ3) is 7.54. The number of hydrogen-bond donors (Lipinski definition) is 1. The molecule has 5 heteroatoms. The van der Waals surface area contributed by atoms with Crippen LogP contribution in [0, 0.1) is 0 Å². The Hall–Kier alpha value is -1.42. The van der Waals surface area contributed by atoms with Crippen LogP contribution in [0.15, 0.2) is 36.4 Å². The molecule has 2 rings (SSSR count). The van der Waals surface area contributed by atoms with E-state index < -0.39 is 0 Å². The highest BCUT2D eigenvalue weighted by Gasteiger charge is 2.13. The van der Waals surface area contributed by atoms with Gasteiger partial charge in [-0.3, -0.25) is 0 Å². The van der Waals surface area contributed by atoms with E-state index in [0.717, 1.165) is 24.2 Å². The molecule has 0 aromatic heterocycles. The zero-order valence-corrected chi connectivity index (χ0v) is 18.4. The van der Waals surface area contributed by atoms with Gasteiger partial charge in [-0.2, -0.15) is 0 Å². The molecule has 0 amide bonds. The lowest BCUT2D eigenvalue weighted by Crippen LogP contribution is -2.14. The molecule has 0 unspecified atom stereocenters. The Bertz CT molecular complexity index is 722. The van der Waals surface area contributed by atoms with Crippen molar-refractivity contribution in [2.75, 3.05) is 13.7 Å². The molecule has 0 fully saturated rings. The highest BCUT2D eigenvalue weighted by atomic mass is 35.5. The van der Waals surface area contributed by atoms with Crippen molar-refractivity contribution in [1.29, 1.82) is 0 Å². The number of benzene rings is 2. The van der Waals surface area contributed by atoms with Gasteiger partial charge in [0.15, 0.2) is 11.5 Å². The number of methoxy groups -OCH3 is 1. The lowest BCUT2D eigenvalue weighted by molar-refractivity contribution is 0.284. The highest BCUT2D eigenvalue weighted by Crippen LogP contribution is 2.37. The Morgan fingerprint density at radius 2 is 1.68 bits per heavy atom. The maximum absolute atomic E-state index is 6.46. The SMILES string of the molecule is CCCCCCCCNCc1cc(Cl)c(OCc2ccccc2Cl)c(OC)c1. The predicted molar refractivity (Wildman–Crippen MR) is 119 cm³/mol. The molecule has 154 valence electrons. The summed E-state index contributed by atoms with van der Waals surface area (Å²) < 4.78 is 11.4. The Morgan fingerprint density at radius 3 is 2.43 bits per heavy atom. The summed E-state index contributed by atoms with van der Waals surface area (Å²) >= 11 is 12.7. The summed E-state index contributed by atoms with van der Waals surface area (Å²) in [6, 6.07) is 11.5. The van der Waals surface area contributed by atoms with Gasteiger partial charge < -0.3 is 14.8 Å². The van der Waals surface area contributed by atoms with Crippen LogP contribution in [0.25, 0.3) is 0 Å². The van der Waals surface area contributed by atoms with E-state index in [2.05, 4.69) is 12.2 Å². The number of hydrogen-bond acceptors (Lipinski definition) is 3. The van der Waals surface area contributed by atoms with Crippen LogP contribution in [0.3, 0.4) is 0 Å². The molecule has 0 heterocycles. The van der Waals surface area contributed by atoms with Gasteiger partial charge in [0.25, 0.3) is 0 Å². The zero-order valence-electron chi connectivity index (χ0n) is 16.9. The molecule has 0 aliphatic rings. The first-order chi connectivity index (χ1) is 13.7. The van der Waals surface area contributed by atoms with Gasteiger partial charge in [0.1, 0.15) is 6.61 Å². The van der Waals surface area contributed by atoms with E-state index in [9.17, 15) is 0 Å². The standard InChI is InChI=1S/C23H31Cl2NO2/c1-3-4-5-6-7-10-13-26-16-18-14-21(25)23(22(15-18)27-2)28-17-19-11-8-9-12-20(19)24/h8-9,11-12,14-15,26H,3-7,10,13,16-17H2,1-2H3. The van der Waals surface area contributed by atoms with Crippen molar-refractivity contribution in [3.63, 3.8) is 0 Å². The van der Waals surface area contributed by atoms with E-state index >= 15 is 0 Å². The molecule has 0 radical (unpaired) electrons. The molecule has 1 N–H and O–H groups in total. The first kappa shape index (κ1) is 22.9. The first-order valence-corrected chi connectivity index (χ1v) is 10.8. The van der Waals surface area contributed by atoms with Gasteiger partial charge in [-0.15, -0.1) is 0 Å². The molecule has 0 spiro atoms. The second-order valence-corrected chi connectivity index (χ2v) is 7.75. The topological polar surface area (TPSA) is 30.5 Å². The molecule has 2 aromatic carbocycles. The van der Waals surface area contributed by atoms with Crippen molar-refractivity contribution >= 4 is 23.2 Å². The summed E-state index contributed by atoms with van der Waals surface area (Å²) in [6.45, 7) is 4.35. The number of rotatable bonds is 13. The molecule has 2 aromatic rings. The van der Waals surface area contributed by atoms with Gasteiger partial charge in [0.05, 0.1) is 12.1 Å². The van der Waals surface area contributed by atoms with Gasteiger partial charge in [-0.25, -0.2) is 0 Å². The lowest BCUT2D eigenvalue weighted by Gasteiger charge is -2.15. The van der Waals surface area contributed by atoms with Crippen LogP contribution in [-0.4, -0.2) is 13.7 Å². The van der Waals surface area contributed by atoms with E-state index in [1.807, 2.05) is 36.4 Å². The predicted octanol–water partition coefficient (Wildman–Crippen LogP) is 7.03. The molecule has 0 saturated carbocycles. The summed E-state index contributed by atoms with van der Waals surface area (Å²) in [5.74, 6) is 1.18. The first-order valence-electron chi connectivity index (χ1n) is 10.1. The van der Waals surface area contributed by atoms with Crippen LogP contribution in [0.5, 0.6) is 11.5 Å². The smallest absolute Gasteiger partial charge is 0.180 e. The molecule has 0 bridgehead atoms. The van der Waals surface area contributed by atoms with Crippen LogP contribution in [0.1, 0.15) is 56.6 Å². The van der Waals surface area contributed by atoms with Gasteiger partial charge >= 0.3 is 0 Å². The summed E-state index contributed by atoms with van der Waals surface area (Å²) in [5.41, 5.74) is 1.99. The van der Waals surface area contributed by atoms with Crippen molar-refractivity contribution in [2.24, 2.45) is 0 Å². The number of ether oxygens (including phenoxy) is 2. The molecule has 0 aliphatic heterocycles. The molecule has 3 nitrogen and oxygen atoms in total. The normalized spacial score (nSPS) is 10.9. The van der Waals surface area contributed by atoms with E-state index in [1.165, 1.54) is 38.5 Å². The van der Waals surface area contributed by atoms with E-state index in [0.29, 0.717) is 28.2 Å². The molecule has 0 atom stereocenters. The maximum Gasteiger partial charge on any atom is 0.180 e. The van der Waals surface area contributed by atoms with E-state index in [1.54, 1.807) is 7.11 Å². The fraction of sp³-hybridized carbons (Fsp3) is 0.478. The molecular weight excluding hydrogens is 393 g/mol. The molecule has 0 saturated heterocycles.